The third kappa shape index (κ3) is 5.70. The highest BCUT2D eigenvalue weighted by Gasteiger charge is 2.26. The Bertz CT molecular complexity index is 882. The van der Waals surface area contributed by atoms with Crippen molar-refractivity contribution in [1.82, 2.24) is 10.7 Å². The van der Waals surface area contributed by atoms with Crippen LogP contribution in [0, 0.1) is 0 Å². The summed E-state index contributed by atoms with van der Waals surface area (Å²) >= 11 is 12.2. The molecule has 0 aromatic heterocycles. The van der Waals surface area contributed by atoms with E-state index in [2.05, 4.69) is 15.8 Å². The van der Waals surface area contributed by atoms with Gasteiger partial charge in [0, 0.05) is 27.2 Å². The van der Waals surface area contributed by atoms with Crippen LogP contribution in [-0.4, -0.2) is 24.1 Å². The number of benzene rings is 2. The van der Waals surface area contributed by atoms with Crippen LogP contribution in [0.3, 0.4) is 0 Å². The number of carbonyl (C=O) groups is 2. The predicted molar refractivity (Wildman–Crippen MR) is 104 cm³/mol. The summed E-state index contributed by atoms with van der Waals surface area (Å²) in [4.78, 5) is 23.3. The Kier molecular flexibility index (Phi) is 6.32. The lowest BCUT2D eigenvalue weighted by atomic mass is 10.2. The number of hydrazone groups is 1. The van der Waals surface area contributed by atoms with Gasteiger partial charge in [-0.2, -0.15) is 5.10 Å². The highest BCUT2D eigenvalue weighted by Crippen LogP contribution is 2.24. The molecule has 0 bridgehead atoms. The number of nitrogens with zero attached hydrogens (tertiary/aromatic N) is 1. The minimum Gasteiger partial charge on any atom is -0.488 e. The van der Waals surface area contributed by atoms with E-state index in [-0.39, 0.29) is 12.6 Å². The molecular weight excluding hydrogens is 389 g/mol. The van der Waals surface area contributed by atoms with E-state index in [1.807, 2.05) is 18.2 Å². The van der Waals surface area contributed by atoms with Crippen LogP contribution in [0.4, 0.5) is 0 Å². The summed E-state index contributed by atoms with van der Waals surface area (Å²) in [6.45, 7) is 0.262. The number of nitrogens with one attached hydrogen (secondary N) is 2. The summed E-state index contributed by atoms with van der Waals surface area (Å²) in [5, 5.41) is 7.49. The molecule has 1 aliphatic rings. The summed E-state index contributed by atoms with van der Waals surface area (Å²) in [5.41, 5.74) is 3.58. The number of rotatable bonds is 6. The van der Waals surface area contributed by atoms with Gasteiger partial charge < -0.3 is 10.1 Å². The highest BCUT2D eigenvalue weighted by atomic mass is 35.5. The van der Waals surface area contributed by atoms with Gasteiger partial charge in [0.05, 0.1) is 6.21 Å². The van der Waals surface area contributed by atoms with Gasteiger partial charge in [-0.15, -0.1) is 0 Å². The van der Waals surface area contributed by atoms with Gasteiger partial charge in [0.2, 0.25) is 0 Å². The summed E-state index contributed by atoms with van der Waals surface area (Å²) in [6, 6.07) is 12.5. The normalized spacial score (nSPS) is 13.4. The van der Waals surface area contributed by atoms with E-state index in [1.54, 1.807) is 24.3 Å². The smallest absolute Gasteiger partial charge is 0.329 e. The number of hydrogen-bond acceptors (Lipinski definition) is 4. The average molecular weight is 406 g/mol. The van der Waals surface area contributed by atoms with Crippen molar-refractivity contribution in [2.75, 3.05) is 0 Å². The molecule has 0 radical (unpaired) electrons. The molecule has 2 amide bonds. The highest BCUT2D eigenvalue weighted by molar-refractivity contribution is 6.35. The molecule has 1 saturated carbocycles. The van der Waals surface area contributed by atoms with E-state index in [0.717, 1.165) is 18.4 Å². The molecule has 8 heteroatoms. The number of carbonyl (C=O) groups excluding carboxylic acids is 2. The van der Waals surface area contributed by atoms with Crippen LogP contribution in [-0.2, 0) is 16.2 Å². The van der Waals surface area contributed by atoms with E-state index >= 15 is 0 Å². The molecule has 0 heterocycles. The zero-order chi connectivity index (χ0) is 19.2. The SMILES string of the molecule is O=C(N/N=C\c1cc(Cl)ccc1OCc1ccccc1Cl)C(=O)NC1CC1. The molecule has 2 aromatic rings. The second kappa shape index (κ2) is 8.88. The molecule has 140 valence electrons. The van der Waals surface area contributed by atoms with Crippen molar-refractivity contribution < 1.29 is 14.3 Å². The molecule has 1 aliphatic carbocycles. The van der Waals surface area contributed by atoms with Gasteiger partial charge in [0.15, 0.2) is 0 Å². The van der Waals surface area contributed by atoms with Gasteiger partial charge in [0.1, 0.15) is 12.4 Å². The number of hydrogen-bond donors (Lipinski definition) is 2. The lowest BCUT2D eigenvalue weighted by molar-refractivity contribution is -0.139. The maximum atomic E-state index is 11.7. The molecule has 0 aliphatic heterocycles. The van der Waals surface area contributed by atoms with Crippen molar-refractivity contribution >= 4 is 41.2 Å². The van der Waals surface area contributed by atoms with Gasteiger partial charge >= 0.3 is 11.8 Å². The monoisotopic (exact) mass is 405 g/mol. The van der Waals surface area contributed by atoms with Crippen molar-refractivity contribution in [2.24, 2.45) is 5.10 Å². The molecule has 2 aromatic carbocycles. The largest absolute Gasteiger partial charge is 0.488 e. The van der Waals surface area contributed by atoms with Crippen LogP contribution < -0.4 is 15.5 Å². The molecule has 0 unspecified atom stereocenters. The van der Waals surface area contributed by atoms with E-state index in [4.69, 9.17) is 27.9 Å². The Morgan fingerprint density at radius 1 is 1.15 bits per heavy atom. The average Bonchev–Trinajstić information content (AvgIpc) is 3.46. The van der Waals surface area contributed by atoms with Crippen LogP contribution in [0.1, 0.15) is 24.0 Å². The van der Waals surface area contributed by atoms with E-state index < -0.39 is 11.8 Å². The van der Waals surface area contributed by atoms with E-state index in [1.165, 1.54) is 6.21 Å². The van der Waals surface area contributed by atoms with Crippen molar-refractivity contribution in [3.8, 4) is 5.75 Å². The Morgan fingerprint density at radius 3 is 2.67 bits per heavy atom. The van der Waals surface area contributed by atoms with E-state index in [0.29, 0.717) is 21.4 Å². The quantitative estimate of drug-likeness (QED) is 0.439. The number of halogens is 2. The minimum atomic E-state index is -0.821. The topological polar surface area (TPSA) is 79.8 Å². The molecule has 27 heavy (non-hydrogen) atoms. The van der Waals surface area contributed by atoms with Gasteiger partial charge in [-0.1, -0.05) is 41.4 Å². The maximum absolute atomic E-state index is 11.7. The van der Waals surface area contributed by atoms with Crippen LogP contribution in [0.15, 0.2) is 47.6 Å². The Morgan fingerprint density at radius 2 is 1.93 bits per heavy atom. The van der Waals surface area contributed by atoms with Crippen LogP contribution in [0.5, 0.6) is 5.75 Å². The molecule has 1 fully saturated rings. The molecule has 3 rings (SSSR count). The molecule has 0 spiro atoms. The first kappa shape index (κ1) is 19.2. The molecule has 0 atom stereocenters. The predicted octanol–water partition coefficient (Wildman–Crippen LogP) is 3.30. The van der Waals surface area contributed by atoms with Gasteiger partial charge in [-0.05, 0) is 37.1 Å². The Labute approximate surface area is 166 Å². The molecular formula is C19H17Cl2N3O3. The third-order valence-corrected chi connectivity index (χ3v) is 4.41. The van der Waals surface area contributed by atoms with Crippen LogP contribution in [0.25, 0.3) is 0 Å². The molecule has 0 saturated heterocycles. The van der Waals surface area contributed by atoms with Crippen molar-refractivity contribution in [3.05, 3.63) is 63.6 Å². The van der Waals surface area contributed by atoms with Gasteiger partial charge in [-0.3, -0.25) is 9.59 Å². The fourth-order valence-electron chi connectivity index (χ4n) is 2.21. The summed E-state index contributed by atoms with van der Waals surface area (Å²) < 4.78 is 5.80. The van der Waals surface area contributed by atoms with Crippen molar-refractivity contribution in [3.63, 3.8) is 0 Å². The first-order valence-electron chi connectivity index (χ1n) is 8.32. The summed E-state index contributed by atoms with van der Waals surface area (Å²) in [7, 11) is 0. The molecule has 2 N–H and O–H groups in total. The summed E-state index contributed by atoms with van der Waals surface area (Å²) in [5.74, 6) is -1.01. The second-order valence-electron chi connectivity index (χ2n) is 6.01. The first-order valence-corrected chi connectivity index (χ1v) is 9.08. The zero-order valence-corrected chi connectivity index (χ0v) is 15.8. The van der Waals surface area contributed by atoms with Crippen molar-refractivity contribution in [1.29, 1.82) is 0 Å². The van der Waals surface area contributed by atoms with Crippen molar-refractivity contribution in [2.45, 2.75) is 25.5 Å². The number of ether oxygens (including phenoxy) is 1. The maximum Gasteiger partial charge on any atom is 0.329 e. The minimum absolute atomic E-state index is 0.102. The molecule has 6 nitrogen and oxygen atoms in total. The second-order valence-corrected chi connectivity index (χ2v) is 6.85. The fourth-order valence-corrected chi connectivity index (χ4v) is 2.58. The standard InChI is InChI=1S/C19H17Cl2N3O3/c20-14-5-8-17(27-11-12-3-1-2-4-16(12)21)13(9-14)10-22-24-19(26)18(25)23-15-6-7-15/h1-5,8-10,15H,6-7,11H2,(H,23,25)(H,24,26)/b22-10-. The Hall–Kier alpha value is -2.57. The number of amides is 2. The zero-order valence-electron chi connectivity index (χ0n) is 14.2. The van der Waals surface area contributed by atoms with Gasteiger partial charge in [-0.25, -0.2) is 5.43 Å². The Balaban J connectivity index is 1.63. The lowest BCUT2D eigenvalue weighted by Gasteiger charge is -2.10. The first-order chi connectivity index (χ1) is 13.0. The van der Waals surface area contributed by atoms with Crippen LogP contribution in [0.2, 0.25) is 10.0 Å². The third-order valence-electron chi connectivity index (χ3n) is 3.80. The van der Waals surface area contributed by atoms with E-state index in [9.17, 15) is 9.59 Å². The van der Waals surface area contributed by atoms with Gasteiger partial charge in [0.25, 0.3) is 0 Å². The summed E-state index contributed by atoms with van der Waals surface area (Å²) in [6.07, 6.45) is 3.17. The van der Waals surface area contributed by atoms with Crippen LogP contribution >= 0.6 is 23.2 Å². The lowest BCUT2D eigenvalue weighted by Crippen LogP contribution is -2.38. The fraction of sp³-hybridized carbons (Fsp3) is 0.211.